The molecule has 3 rings (SSSR count). The van der Waals surface area contributed by atoms with Crippen molar-refractivity contribution in [3.8, 4) is 0 Å². The first-order chi connectivity index (χ1) is 13.1. The van der Waals surface area contributed by atoms with Crippen molar-refractivity contribution in [2.45, 2.75) is 19.1 Å². The van der Waals surface area contributed by atoms with Gasteiger partial charge < -0.3 is 10.0 Å². The number of alkyl halides is 3. The molecule has 1 aliphatic rings. The van der Waals surface area contributed by atoms with Crippen molar-refractivity contribution >= 4 is 22.9 Å². The van der Waals surface area contributed by atoms with E-state index in [0.717, 1.165) is 24.9 Å². The van der Waals surface area contributed by atoms with E-state index in [4.69, 9.17) is 9.90 Å². The van der Waals surface area contributed by atoms with Crippen molar-refractivity contribution in [1.82, 2.24) is 19.4 Å². The fourth-order valence-electron chi connectivity index (χ4n) is 2.62. The second-order valence-corrected chi connectivity index (χ2v) is 6.03. The van der Waals surface area contributed by atoms with Crippen molar-refractivity contribution in [2.75, 3.05) is 13.1 Å². The number of nitrogens with zero attached hydrogens (tertiary/aromatic N) is 4. The number of hydrogen-bond donors (Lipinski definition) is 1. The van der Waals surface area contributed by atoms with Crippen molar-refractivity contribution in [1.29, 1.82) is 0 Å². The van der Waals surface area contributed by atoms with Crippen LogP contribution in [0.2, 0.25) is 0 Å². The maximum atomic E-state index is 12.0. The number of hydrogen-bond acceptors (Lipinski definition) is 5. The van der Waals surface area contributed by atoms with E-state index in [2.05, 4.69) is 16.5 Å². The van der Waals surface area contributed by atoms with E-state index >= 15 is 0 Å². The summed E-state index contributed by atoms with van der Waals surface area (Å²) in [6, 6.07) is 3.28. The lowest BCUT2D eigenvalue weighted by atomic mass is 9.96. The molecule has 2 aromatic heterocycles. The number of amides is 1. The fourth-order valence-corrected chi connectivity index (χ4v) is 2.62. The number of fused-ring (bicyclic) bond motifs is 1. The summed E-state index contributed by atoms with van der Waals surface area (Å²) in [4.78, 5) is 42.2. The zero-order valence-corrected chi connectivity index (χ0v) is 14.6. The average Bonchev–Trinajstić information content (AvgIpc) is 2.61. The van der Waals surface area contributed by atoms with Gasteiger partial charge in [0.2, 0.25) is 5.91 Å². The third kappa shape index (κ3) is 5.15. The number of carboxylic acids is 1. The van der Waals surface area contributed by atoms with Crippen LogP contribution in [0.4, 0.5) is 13.2 Å². The molecule has 11 heteroatoms. The van der Waals surface area contributed by atoms with Crippen LogP contribution in [0.3, 0.4) is 0 Å². The maximum Gasteiger partial charge on any atom is 0.490 e. The van der Waals surface area contributed by atoms with E-state index < -0.39 is 12.1 Å². The number of halogens is 3. The summed E-state index contributed by atoms with van der Waals surface area (Å²) in [5, 5.41) is 7.98. The van der Waals surface area contributed by atoms with Crippen molar-refractivity contribution in [2.24, 2.45) is 5.92 Å². The largest absolute Gasteiger partial charge is 0.490 e. The van der Waals surface area contributed by atoms with Gasteiger partial charge in [-0.1, -0.05) is 6.58 Å². The van der Waals surface area contributed by atoms with Gasteiger partial charge in [0, 0.05) is 37.3 Å². The number of aliphatic carboxylic acids is 1. The normalized spacial score (nSPS) is 14.0. The minimum atomic E-state index is -5.08. The first-order valence-corrected chi connectivity index (χ1v) is 8.14. The molecular weight excluding hydrogens is 381 g/mol. The van der Waals surface area contributed by atoms with E-state index in [1.807, 2.05) is 0 Å². The van der Waals surface area contributed by atoms with Gasteiger partial charge in [-0.05, 0) is 24.5 Å². The molecule has 1 N–H and O–H groups in total. The quantitative estimate of drug-likeness (QED) is 0.782. The van der Waals surface area contributed by atoms with Crippen LogP contribution in [0, 0.1) is 5.92 Å². The third-order valence-electron chi connectivity index (χ3n) is 4.09. The van der Waals surface area contributed by atoms with Gasteiger partial charge in [-0.15, -0.1) is 0 Å². The lowest BCUT2D eigenvalue weighted by Crippen LogP contribution is -2.49. The van der Waals surface area contributed by atoms with Crippen LogP contribution < -0.4 is 5.56 Å². The van der Waals surface area contributed by atoms with Gasteiger partial charge in [0.15, 0.2) is 0 Å². The number of carboxylic acid groups (broad SMARTS) is 1. The first kappa shape index (κ1) is 21.1. The molecule has 2 aromatic rings. The summed E-state index contributed by atoms with van der Waals surface area (Å²) in [6.45, 7) is 5.55. The molecule has 3 heterocycles. The van der Waals surface area contributed by atoms with Crippen LogP contribution in [0.1, 0.15) is 6.42 Å². The molecule has 0 spiro atoms. The molecule has 8 nitrogen and oxygen atoms in total. The van der Waals surface area contributed by atoms with Gasteiger partial charge in [0.1, 0.15) is 12.0 Å². The average molecular weight is 398 g/mol. The lowest BCUT2D eigenvalue weighted by molar-refractivity contribution is -0.192. The molecule has 0 atom stereocenters. The Morgan fingerprint density at radius 1 is 1.32 bits per heavy atom. The number of likely N-dealkylation sites (tertiary alicyclic amines) is 1. The number of aromatic nitrogens is 3. The van der Waals surface area contributed by atoms with Crippen molar-refractivity contribution in [3.05, 3.63) is 47.7 Å². The second-order valence-electron chi connectivity index (χ2n) is 6.03. The Kier molecular flexibility index (Phi) is 6.49. The molecule has 0 saturated carbocycles. The molecular formula is C17H17F3N4O4. The van der Waals surface area contributed by atoms with Crippen LogP contribution in [-0.4, -0.2) is 55.7 Å². The highest BCUT2D eigenvalue weighted by molar-refractivity contribution is 5.87. The SMILES string of the molecule is C=CC(=O)N1CC(CCn2c(=O)ccc3cncnc32)C1.O=C(O)C(F)(F)F. The van der Waals surface area contributed by atoms with Gasteiger partial charge >= 0.3 is 12.1 Å². The summed E-state index contributed by atoms with van der Waals surface area (Å²) >= 11 is 0. The monoisotopic (exact) mass is 398 g/mol. The number of pyridine rings is 1. The number of rotatable bonds is 4. The third-order valence-corrected chi connectivity index (χ3v) is 4.09. The summed E-state index contributed by atoms with van der Waals surface area (Å²) < 4.78 is 33.4. The Morgan fingerprint density at radius 2 is 1.96 bits per heavy atom. The predicted octanol–water partition coefficient (Wildman–Crippen LogP) is 1.46. The Balaban J connectivity index is 0.000000345. The van der Waals surface area contributed by atoms with Gasteiger partial charge in [-0.25, -0.2) is 14.8 Å². The lowest BCUT2D eigenvalue weighted by Gasteiger charge is -2.38. The number of carbonyl (C=O) groups is 2. The zero-order chi connectivity index (χ0) is 20.9. The van der Waals surface area contributed by atoms with Gasteiger partial charge in [0.05, 0.1) is 0 Å². The van der Waals surface area contributed by atoms with E-state index in [1.165, 1.54) is 12.4 Å². The van der Waals surface area contributed by atoms with Crippen LogP contribution in [0.5, 0.6) is 0 Å². The molecule has 1 aliphatic heterocycles. The van der Waals surface area contributed by atoms with E-state index in [9.17, 15) is 22.8 Å². The van der Waals surface area contributed by atoms with Crippen molar-refractivity contribution < 1.29 is 27.9 Å². The molecule has 1 amide bonds. The molecule has 28 heavy (non-hydrogen) atoms. The minimum absolute atomic E-state index is 0.0266. The summed E-state index contributed by atoms with van der Waals surface area (Å²) in [5.74, 6) is -2.35. The molecule has 1 saturated heterocycles. The number of carbonyl (C=O) groups excluding carboxylic acids is 1. The van der Waals surface area contributed by atoms with Gasteiger partial charge in [-0.3, -0.25) is 14.2 Å². The van der Waals surface area contributed by atoms with Crippen LogP contribution >= 0.6 is 0 Å². The summed E-state index contributed by atoms with van der Waals surface area (Å²) in [5.41, 5.74) is 0.607. The first-order valence-electron chi connectivity index (χ1n) is 8.14. The summed E-state index contributed by atoms with van der Waals surface area (Å²) in [7, 11) is 0. The molecule has 0 unspecified atom stereocenters. The Bertz CT molecular complexity index is 936. The maximum absolute atomic E-state index is 12.0. The van der Waals surface area contributed by atoms with Crippen LogP contribution in [0.15, 0.2) is 42.1 Å². The molecule has 0 aliphatic carbocycles. The van der Waals surface area contributed by atoms with Gasteiger partial charge in [0.25, 0.3) is 5.56 Å². The van der Waals surface area contributed by atoms with Crippen LogP contribution in [-0.2, 0) is 16.1 Å². The van der Waals surface area contributed by atoms with Gasteiger partial charge in [-0.2, -0.15) is 13.2 Å². The molecule has 150 valence electrons. The highest BCUT2D eigenvalue weighted by Crippen LogP contribution is 2.20. The Labute approximate surface area is 156 Å². The zero-order valence-electron chi connectivity index (χ0n) is 14.6. The fraction of sp³-hybridized carbons (Fsp3) is 0.353. The second kappa shape index (κ2) is 8.63. The minimum Gasteiger partial charge on any atom is -0.475 e. The smallest absolute Gasteiger partial charge is 0.475 e. The Morgan fingerprint density at radius 3 is 2.54 bits per heavy atom. The highest BCUT2D eigenvalue weighted by Gasteiger charge is 2.38. The molecule has 1 fully saturated rings. The topological polar surface area (TPSA) is 105 Å². The predicted molar refractivity (Wildman–Crippen MR) is 92.4 cm³/mol. The highest BCUT2D eigenvalue weighted by atomic mass is 19.4. The molecule has 0 radical (unpaired) electrons. The van der Waals surface area contributed by atoms with Crippen molar-refractivity contribution in [3.63, 3.8) is 0 Å². The standard InChI is InChI=1S/C15H16N4O2.C2HF3O2/c1-2-13(20)18-8-11(9-18)5-6-19-14(21)4-3-12-7-16-10-17-15(12)19;3-2(4,5)1(6)7/h2-4,7,10-11H,1,5-6,8-9H2;(H,6,7). The van der Waals surface area contributed by atoms with Crippen LogP contribution in [0.25, 0.3) is 11.0 Å². The van der Waals surface area contributed by atoms with E-state index in [-0.39, 0.29) is 11.5 Å². The Hall–Kier alpha value is -3.24. The number of aryl methyl sites for hydroxylation is 1. The molecule has 0 bridgehead atoms. The summed E-state index contributed by atoms with van der Waals surface area (Å²) in [6.07, 6.45) is 0.254. The van der Waals surface area contributed by atoms with E-state index in [1.54, 1.807) is 27.8 Å². The van der Waals surface area contributed by atoms with E-state index in [0.29, 0.717) is 18.1 Å². The molecule has 0 aromatic carbocycles.